The van der Waals surface area contributed by atoms with Crippen LogP contribution in [-0.4, -0.2) is 48.0 Å². The fourth-order valence-corrected chi connectivity index (χ4v) is 3.14. The molecular formula is C24H39N3O4. The van der Waals surface area contributed by atoms with Gasteiger partial charge in [-0.2, -0.15) is 0 Å². The number of amides is 3. The van der Waals surface area contributed by atoms with E-state index in [9.17, 15) is 14.4 Å². The Morgan fingerprint density at radius 3 is 2.23 bits per heavy atom. The highest BCUT2D eigenvalue weighted by Crippen LogP contribution is 2.23. The SMILES string of the molecule is CCCCNC(=O)C(c1ccccc1)N(C)C(=O)C(NC(=O)OC(C)(C)C)C(C)CC. The molecule has 174 valence electrons. The van der Waals surface area contributed by atoms with Crippen LogP contribution in [-0.2, 0) is 14.3 Å². The largest absolute Gasteiger partial charge is 0.444 e. The molecule has 3 amide bonds. The molecule has 1 aromatic carbocycles. The Hall–Kier alpha value is -2.57. The number of hydrogen-bond donors (Lipinski definition) is 2. The van der Waals surface area contributed by atoms with Crippen LogP contribution in [0.4, 0.5) is 4.79 Å². The van der Waals surface area contributed by atoms with Gasteiger partial charge in [0, 0.05) is 13.6 Å². The lowest BCUT2D eigenvalue weighted by molar-refractivity contribution is -0.141. The van der Waals surface area contributed by atoms with Crippen molar-refractivity contribution in [1.82, 2.24) is 15.5 Å². The summed E-state index contributed by atoms with van der Waals surface area (Å²) >= 11 is 0. The van der Waals surface area contributed by atoms with Crippen molar-refractivity contribution in [3.63, 3.8) is 0 Å². The molecule has 0 heterocycles. The Kier molecular flexibility index (Phi) is 10.5. The topological polar surface area (TPSA) is 87.7 Å². The lowest BCUT2D eigenvalue weighted by atomic mass is 9.96. The lowest BCUT2D eigenvalue weighted by Gasteiger charge is -2.33. The molecule has 0 fully saturated rings. The van der Waals surface area contributed by atoms with Crippen LogP contribution in [0.25, 0.3) is 0 Å². The summed E-state index contributed by atoms with van der Waals surface area (Å²) in [4.78, 5) is 40.3. The van der Waals surface area contributed by atoms with Crippen LogP contribution in [0.3, 0.4) is 0 Å². The summed E-state index contributed by atoms with van der Waals surface area (Å²) < 4.78 is 5.35. The van der Waals surface area contributed by atoms with Crippen LogP contribution in [0.5, 0.6) is 0 Å². The van der Waals surface area contributed by atoms with Gasteiger partial charge in [0.1, 0.15) is 17.7 Å². The molecule has 0 saturated heterocycles. The minimum Gasteiger partial charge on any atom is -0.444 e. The van der Waals surface area contributed by atoms with Crippen LogP contribution in [0, 0.1) is 5.92 Å². The summed E-state index contributed by atoms with van der Waals surface area (Å²) in [6.07, 6.45) is 1.85. The van der Waals surface area contributed by atoms with Crippen molar-refractivity contribution in [3.05, 3.63) is 35.9 Å². The zero-order valence-corrected chi connectivity index (χ0v) is 20.0. The number of carbonyl (C=O) groups is 3. The van der Waals surface area contributed by atoms with Crippen LogP contribution in [0.15, 0.2) is 30.3 Å². The highest BCUT2D eigenvalue weighted by Gasteiger charge is 2.35. The first-order valence-electron chi connectivity index (χ1n) is 11.1. The molecule has 0 bridgehead atoms. The molecule has 0 aromatic heterocycles. The van der Waals surface area contributed by atoms with Gasteiger partial charge in [0.2, 0.25) is 11.8 Å². The molecule has 7 heteroatoms. The summed E-state index contributed by atoms with van der Waals surface area (Å²) in [7, 11) is 1.60. The van der Waals surface area contributed by atoms with Crippen molar-refractivity contribution in [1.29, 1.82) is 0 Å². The van der Waals surface area contributed by atoms with Gasteiger partial charge < -0.3 is 20.3 Å². The monoisotopic (exact) mass is 433 g/mol. The molecule has 3 atom stereocenters. The number of carbonyl (C=O) groups excluding carboxylic acids is 3. The Bertz CT molecular complexity index is 715. The minimum atomic E-state index is -0.806. The van der Waals surface area contributed by atoms with Gasteiger partial charge >= 0.3 is 6.09 Å². The third-order valence-electron chi connectivity index (χ3n) is 5.08. The van der Waals surface area contributed by atoms with Crippen LogP contribution >= 0.6 is 0 Å². The average molecular weight is 434 g/mol. The summed E-state index contributed by atoms with van der Waals surface area (Å²) in [6.45, 7) is 11.8. The average Bonchev–Trinajstić information content (AvgIpc) is 2.70. The molecule has 0 spiro atoms. The number of rotatable bonds is 10. The van der Waals surface area contributed by atoms with Crippen molar-refractivity contribution >= 4 is 17.9 Å². The molecule has 0 saturated carbocycles. The van der Waals surface area contributed by atoms with E-state index < -0.39 is 23.8 Å². The zero-order chi connectivity index (χ0) is 23.6. The first-order valence-corrected chi connectivity index (χ1v) is 11.1. The second-order valence-corrected chi connectivity index (χ2v) is 8.92. The quantitative estimate of drug-likeness (QED) is 0.545. The van der Waals surface area contributed by atoms with Gasteiger partial charge in [-0.3, -0.25) is 9.59 Å². The van der Waals surface area contributed by atoms with Crippen LogP contribution in [0.2, 0.25) is 0 Å². The van der Waals surface area contributed by atoms with Crippen molar-refractivity contribution in [3.8, 4) is 0 Å². The number of ether oxygens (including phenoxy) is 1. The number of alkyl carbamates (subject to hydrolysis) is 1. The van der Waals surface area contributed by atoms with E-state index in [0.717, 1.165) is 12.8 Å². The predicted octanol–water partition coefficient (Wildman–Crippen LogP) is 4.04. The van der Waals surface area contributed by atoms with Gasteiger partial charge in [-0.1, -0.05) is 63.9 Å². The number of nitrogens with zero attached hydrogens (tertiary/aromatic N) is 1. The smallest absolute Gasteiger partial charge is 0.408 e. The van der Waals surface area contributed by atoms with Gasteiger partial charge in [0.25, 0.3) is 0 Å². The first kappa shape index (κ1) is 26.5. The van der Waals surface area contributed by atoms with E-state index in [4.69, 9.17) is 4.74 Å². The van der Waals surface area contributed by atoms with E-state index in [2.05, 4.69) is 17.6 Å². The molecule has 7 nitrogen and oxygen atoms in total. The van der Waals surface area contributed by atoms with Gasteiger partial charge in [-0.05, 0) is 38.7 Å². The molecule has 1 aromatic rings. The second kappa shape index (κ2) is 12.3. The van der Waals surface area contributed by atoms with E-state index in [0.29, 0.717) is 18.5 Å². The molecule has 0 aliphatic rings. The maximum atomic E-state index is 13.5. The predicted molar refractivity (Wildman–Crippen MR) is 122 cm³/mol. The van der Waals surface area contributed by atoms with Gasteiger partial charge in [0.15, 0.2) is 0 Å². The van der Waals surface area contributed by atoms with Crippen molar-refractivity contribution in [2.45, 2.75) is 78.5 Å². The Balaban J connectivity index is 3.15. The van der Waals surface area contributed by atoms with Crippen LogP contribution < -0.4 is 10.6 Å². The molecular weight excluding hydrogens is 394 g/mol. The summed E-state index contributed by atoms with van der Waals surface area (Å²) in [6, 6.07) is 7.59. The van der Waals surface area contributed by atoms with E-state index >= 15 is 0 Å². The van der Waals surface area contributed by atoms with Crippen molar-refractivity contribution in [2.75, 3.05) is 13.6 Å². The summed E-state index contributed by atoms with van der Waals surface area (Å²) in [5.41, 5.74) is 0.0395. The molecule has 0 radical (unpaired) electrons. The molecule has 31 heavy (non-hydrogen) atoms. The lowest BCUT2D eigenvalue weighted by Crippen LogP contribution is -2.54. The van der Waals surface area contributed by atoms with Crippen molar-refractivity contribution < 1.29 is 19.1 Å². The number of hydrogen-bond acceptors (Lipinski definition) is 4. The Morgan fingerprint density at radius 1 is 1.10 bits per heavy atom. The Morgan fingerprint density at radius 2 is 1.71 bits per heavy atom. The number of likely N-dealkylation sites (N-methyl/N-ethyl adjacent to an activating group) is 1. The summed E-state index contributed by atoms with van der Waals surface area (Å²) in [5.74, 6) is -0.711. The third kappa shape index (κ3) is 8.59. The number of nitrogens with one attached hydrogen (secondary N) is 2. The Labute approximate surface area is 186 Å². The van der Waals surface area contributed by atoms with Gasteiger partial charge in [-0.15, -0.1) is 0 Å². The fourth-order valence-electron chi connectivity index (χ4n) is 3.14. The van der Waals surface area contributed by atoms with Crippen molar-refractivity contribution in [2.24, 2.45) is 5.92 Å². The first-order chi connectivity index (χ1) is 14.5. The third-order valence-corrected chi connectivity index (χ3v) is 5.08. The van der Waals surface area contributed by atoms with E-state index in [1.54, 1.807) is 27.8 Å². The minimum absolute atomic E-state index is 0.137. The summed E-state index contributed by atoms with van der Waals surface area (Å²) in [5, 5.41) is 5.65. The number of unbranched alkanes of at least 4 members (excludes halogenated alkanes) is 1. The van der Waals surface area contributed by atoms with E-state index in [1.165, 1.54) is 4.90 Å². The van der Waals surface area contributed by atoms with E-state index in [-0.39, 0.29) is 17.7 Å². The van der Waals surface area contributed by atoms with E-state index in [1.807, 2.05) is 44.2 Å². The maximum absolute atomic E-state index is 13.5. The maximum Gasteiger partial charge on any atom is 0.408 e. The molecule has 2 N–H and O–H groups in total. The molecule has 0 aliphatic heterocycles. The number of benzene rings is 1. The van der Waals surface area contributed by atoms with Gasteiger partial charge in [-0.25, -0.2) is 4.79 Å². The zero-order valence-electron chi connectivity index (χ0n) is 20.0. The fraction of sp³-hybridized carbons (Fsp3) is 0.625. The molecule has 1 rings (SSSR count). The molecule has 3 unspecified atom stereocenters. The highest BCUT2D eigenvalue weighted by atomic mass is 16.6. The second-order valence-electron chi connectivity index (χ2n) is 8.92. The van der Waals surface area contributed by atoms with Crippen LogP contribution in [0.1, 0.15) is 72.4 Å². The highest BCUT2D eigenvalue weighted by molar-refractivity contribution is 5.92. The normalized spacial score (nSPS) is 14.2. The standard InChI is InChI=1S/C24H39N3O4/c1-8-10-16-25-21(28)20(18-14-12-11-13-15-18)27(7)22(29)19(17(3)9-2)26-23(30)31-24(4,5)6/h11-15,17,19-20H,8-10,16H2,1-7H3,(H,25,28)(H,26,30). The van der Waals surface area contributed by atoms with Gasteiger partial charge in [0.05, 0.1) is 0 Å². The molecule has 0 aliphatic carbocycles.